The smallest absolute Gasteiger partial charge is 0.244 e. The van der Waals surface area contributed by atoms with Gasteiger partial charge in [-0.05, 0) is 6.92 Å². The van der Waals surface area contributed by atoms with Crippen LogP contribution in [0.3, 0.4) is 0 Å². The molecule has 0 radical (unpaired) electrons. The van der Waals surface area contributed by atoms with Gasteiger partial charge in [0.05, 0.1) is 5.69 Å². The highest BCUT2D eigenvalue weighted by Crippen LogP contribution is 2.11. The van der Waals surface area contributed by atoms with Gasteiger partial charge in [0.25, 0.3) is 0 Å². The number of hydrogen-bond acceptors (Lipinski definition) is 4. The summed E-state index contributed by atoms with van der Waals surface area (Å²) in [5, 5.41) is 4.18. The minimum Gasteiger partial charge on any atom is -0.384 e. The summed E-state index contributed by atoms with van der Waals surface area (Å²) < 4.78 is 1.57. The second-order valence-electron chi connectivity index (χ2n) is 3.86. The molecule has 16 heavy (non-hydrogen) atoms. The summed E-state index contributed by atoms with van der Waals surface area (Å²) in [6.45, 7) is 3.80. The molecule has 0 bridgehead atoms. The molecule has 2 rings (SSSR count). The van der Waals surface area contributed by atoms with Gasteiger partial charge >= 0.3 is 0 Å². The molecule has 0 spiro atoms. The number of nitrogen functional groups attached to an aromatic ring is 1. The van der Waals surface area contributed by atoms with E-state index in [1.165, 1.54) is 0 Å². The largest absolute Gasteiger partial charge is 0.384 e. The SMILES string of the molecule is Cc1cc(N)n(CC(=O)N2CCSCC2)n1. The van der Waals surface area contributed by atoms with Crippen LogP contribution in [-0.2, 0) is 11.3 Å². The van der Waals surface area contributed by atoms with Crippen LogP contribution >= 0.6 is 11.8 Å². The Balaban J connectivity index is 1.98. The summed E-state index contributed by atoms with van der Waals surface area (Å²) in [4.78, 5) is 13.8. The Morgan fingerprint density at radius 1 is 1.56 bits per heavy atom. The molecule has 1 fully saturated rings. The second kappa shape index (κ2) is 4.78. The van der Waals surface area contributed by atoms with Gasteiger partial charge in [-0.2, -0.15) is 16.9 Å². The van der Waals surface area contributed by atoms with Crippen LogP contribution in [0.2, 0.25) is 0 Å². The Labute approximate surface area is 99.0 Å². The van der Waals surface area contributed by atoms with E-state index in [0.29, 0.717) is 5.82 Å². The Bertz CT molecular complexity index is 384. The fraction of sp³-hybridized carbons (Fsp3) is 0.600. The number of nitrogens with two attached hydrogens (primary N) is 1. The van der Waals surface area contributed by atoms with Crippen molar-refractivity contribution in [2.24, 2.45) is 0 Å². The monoisotopic (exact) mass is 240 g/mol. The number of nitrogens with zero attached hydrogens (tertiary/aromatic N) is 3. The molecule has 0 aromatic carbocycles. The van der Waals surface area contributed by atoms with E-state index < -0.39 is 0 Å². The minimum atomic E-state index is 0.107. The van der Waals surface area contributed by atoms with Gasteiger partial charge in [-0.15, -0.1) is 0 Å². The Hall–Kier alpha value is -1.17. The van der Waals surface area contributed by atoms with E-state index in [0.717, 1.165) is 30.3 Å². The van der Waals surface area contributed by atoms with E-state index in [-0.39, 0.29) is 12.5 Å². The normalized spacial score (nSPS) is 16.4. The molecule has 1 aromatic rings. The van der Waals surface area contributed by atoms with Crippen molar-refractivity contribution in [3.05, 3.63) is 11.8 Å². The van der Waals surface area contributed by atoms with Crippen molar-refractivity contribution < 1.29 is 4.79 Å². The predicted octanol–water partition coefficient (Wildman–Crippen LogP) is 0.349. The minimum absolute atomic E-state index is 0.107. The zero-order valence-corrected chi connectivity index (χ0v) is 10.2. The van der Waals surface area contributed by atoms with E-state index in [1.807, 2.05) is 23.6 Å². The lowest BCUT2D eigenvalue weighted by Crippen LogP contribution is -2.40. The molecule has 0 aliphatic carbocycles. The predicted molar refractivity (Wildman–Crippen MR) is 65.3 cm³/mol. The Morgan fingerprint density at radius 2 is 2.25 bits per heavy atom. The number of anilines is 1. The van der Waals surface area contributed by atoms with E-state index in [1.54, 1.807) is 10.7 Å². The molecular weight excluding hydrogens is 224 g/mol. The average Bonchev–Trinajstić information content (AvgIpc) is 2.59. The summed E-state index contributed by atoms with van der Waals surface area (Å²) in [5.41, 5.74) is 6.59. The summed E-state index contributed by atoms with van der Waals surface area (Å²) in [6.07, 6.45) is 0. The number of aryl methyl sites for hydroxylation is 1. The van der Waals surface area contributed by atoms with Gasteiger partial charge in [0.2, 0.25) is 5.91 Å². The van der Waals surface area contributed by atoms with Gasteiger partial charge in [-0.25, -0.2) is 4.68 Å². The third kappa shape index (κ3) is 2.49. The van der Waals surface area contributed by atoms with Gasteiger partial charge in [0.1, 0.15) is 12.4 Å². The van der Waals surface area contributed by atoms with Gasteiger partial charge in [-0.1, -0.05) is 0 Å². The van der Waals surface area contributed by atoms with Crippen molar-refractivity contribution in [2.45, 2.75) is 13.5 Å². The number of rotatable bonds is 2. The molecule has 0 unspecified atom stereocenters. The maximum atomic E-state index is 11.9. The number of aromatic nitrogens is 2. The molecule has 0 saturated carbocycles. The van der Waals surface area contributed by atoms with Crippen LogP contribution in [0.4, 0.5) is 5.82 Å². The van der Waals surface area contributed by atoms with Crippen LogP contribution in [-0.4, -0.2) is 45.2 Å². The molecule has 5 nitrogen and oxygen atoms in total. The highest BCUT2D eigenvalue weighted by molar-refractivity contribution is 7.99. The molecule has 0 atom stereocenters. The van der Waals surface area contributed by atoms with Crippen LogP contribution < -0.4 is 5.73 Å². The summed E-state index contributed by atoms with van der Waals surface area (Å²) in [7, 11) is 0. The van der Waals surface area contributed by atoms with Gasteiger partial charge in [0, 0.05) is 30.7 Å². The lowest BCUT2D eigenvalue weighted by atomic mass is 10.4. The van der Waals surface area contributed by atoms with Crippen LogP contribution in [0.25, 0.3) is 0 Å². The molecule has 1 aromatic heterocycles. The molecule has 1 amide bonds. The third-order valence-corrected chi connectivity index (χ3v) is 3.52. The first-order valence-corrected chi connectivity index (χ1v) is 6.48. The van der Waals surface area contributed by atoms with Gasteiger partial charge < -0.3 is 10.6 Å². The molecule has 1 aliphatic heterocycles. The summed E-state index contributed by atoms with van der Waals surface area (Å²) in [6, 6.07) is 1.78. The Morgan fingerprint density at radius 3 is 2.81 bits per heavy atom. The molecule has 6 heteroatoms. The average molecular weight is 240 g/mol. The fourth-order valence-electron chi connectivity index (χ4n) is 1.73. The second-order valence-corrected chi connectivity index (χ2v) is 5.09. The van der Waals surface area contributed by atoms with Crippen molar-refractivity contribution in [1.29, 1.82) is 0 Å². The van der Waals surface area contributed by atoms with Gasteiger partial charge in [0.15, 0.2) is 0 Å². The first kappa shape index (κ1) is 11.3. The molecule has 1 saturated heterocycles. The molecule has 88 valence electrons. The zero-order valence-electron chi connectivity index (χ0n) is 9.35. The molecule has 2 heterocycles. The quantitative estimate of drug-likeness (QED) is 0.810. The summed E-state index contributed by atoms with van der Waals surface area (Å²) >= 11 is 1.89. The fourth-order valence-corrected chi connectivity index (χ4v) is 2.64. The number of carbonyl (C=O) groups excluding carboxylic acids is 1. The molecule has 1 aliphatic rings. The van der Waals surface area contributed by atoms with Crippen molar-refractivity contribution in [1.82, 2.24) is 14.7 Å². The lowest BCUT2D eigenvalue weighted by molar-refractivity contribution is -0.131. The van der Waals surface area contributed by atoms with E-state index in [4.69, 9.17) is 5.73 Å². The maximum absolute atomic E-state index is 11.9. The van der Waals surface area contributed by atoms with Gasteiger partial charge in [-0.3, -0.25) is 4.79 Å². The van der Waals surface area contributed by atoms with Crippen LogP contribution in [0.1, 0.15) is 5.69 Å². The third-order valence-electron chi connectivity index (χ3n) is 2.58. The zero-order chi connectivity index (χ0) is 11.5. The number of carbonyl (C=O) groups is 1. The molecular formula is C10H16N4OS. The first-order chi connectivity index (χ1) is 7.66. The van der Waals surface area contributed by atoms with Crippen molar-refractivity contribution >= 4 is 23.5 Å². The first-order valence-electron chi connectivity index (χ1n) is 5.32. The maximum Gasteiger partial charge on any atom is 0.244 e. The van der Waals surface area contributed by atoms with E-state index in [9.17, 15) is 4.79 Å². The van der Waals surface area contributed by atoms with Crippen molar-refractivity contribution in [2.75, 3.05) is 30.3 Å². The van der Waals surface area contributed by atoms with Crippen molar-refractivity contribution in [3.63, 3.8) is 0 Å². The number of thioether (sulfide) groups is 1. The lowest BCUT2D eigenvalue weighted by Gasteiger charge is -2.26. The van der Waals surface area contributed by atoms with E-state index in [2.05, 4.69) is 5.10 Å². The van der Waals surface area contributed by atoms with E-state index >= 15 is 0 Å². The van der Waals surface area contributed by atoms with Crippen LogP contribution in [0.5, 0.6) is 0 Å². The summed E-state index contributed by atoms with van der Waals surface area (Å²) in [5.74, 6) is 2.71. The number of amides is 1. The topological polar surface area (TPSA) is 64.2 Å². The van der Waals surface area contributed by atoms with Crippen molar-refractivity contribution in [3.8, 4) is 0 Å². The highest BCUT2D eigenvalue weighted by Gasteiger charge is 2.17. The highest BCUT2D eigenvalue weighted by atomic mass is 32.2. The molecule has 2 N–H and O–H groups in total. The van der Waals surface area contributed by atoms with Crippen LogP contribution in [0, 0.1) is 6.92 Å². The standard InChI is InChI=1S/C10H16N4OS/c1-8-6-9(11)14(12-8)7-10(15)13-2-4-16-5-3-13/h6H,2-5,7,11H2,1H3. The number of hydrogen-bond donors (Lipinski definition) is 1. The van der Waals surface area contributed by atoms with Crippen LogP contribution in [0.15, 0.2) is 6.07 Å². The Kier molecular flexibility index (Phi) is 3.38.